The normalized spacial score (nSPS) is 39.7. The van der Waals surface area contributed by atoms with Gasteiger partial charge in [-0.3, -0.25) is 11.1 Å². The van der Waals surface area contributed by atoms with Crippen molar-refractivity contribution in [3.05, 3.63) is 42.0 Å². The van der Waals surface area contributed by atoms with E-state index < -0.39 is 11.9 Å². The lowest BCUT2D eigenvalue weighted by atomic mass is 9.79. The average Bonchev–Trinajstić information content (AvgIpc) is 2.82. The molecule has 3 heterocycles. The molecular weight excluding hydrogens is 244 g/mol. The first-order valence-electron chi connectivity index (χ1n) is 6.49. The molecule has 1 spiro atoms. The van der Waals surface area contributed by atoms with Gasteiger partial charge >= 0.3 is 0 Å². The predicted molar refractivity (Wildman–Crippen MR) is 68.5 cm³/mol. The van der Waals surface area contributed by atoms with Crippen LogP contribution in [0.25, 0.3) is 0 Å². The molecule has 0 aromatic heterocycles. The molecule has 3 N–H and O–H groups in total. The van der Waals surface area contributed by atoms with Gasteiger partial charge in [-0.1, -0.05) is 24.3 Å². The smallest absolute Gasteiger partial charge is 0.161 e. The lowest BCUT2D eigenvalue weighted by Gasteiger charge is -2.46. The molecule has 19 heavy (non-hydrogen) atoms. The first kappa shape index (κ1) is 11.4. The number of ether oxygens (including phenoxy) is 3. The second kappa shape index (κ2) is 4.05. The number of hydrogen-bond donors (Lipinski definition) is 2. The van der Waals surface area contributed by atoms with Crippen LogP contribution >= 0.6 is 0 Å². The van der Waals surface area contributed by atoms with Crippen LogP contribution in [0.4, 0.5) is 0 Å². The molecular formula is C14H16N2O3. The van der Waals surface area contributed by atoms with Crippen LogP contribution in [0.1, 0.15) is 5.56 Å². The quantitative estimate of drug-likeness (QED) is 0.663. The Bertz CT molecular complexity index is 533. The molecule has 0 bridgehead atoms. The van der Waals surface area contributed by atoms with E-state index in [0.29, 0.717) is 13.2 Å². The van der Waals surface area contributed by atoms with Gasteiger partial charge in [0.1, 0.15) is 23.5 Å². The summed E-state index contributed by atoms with van der Waals surface area (Å²) < 4.78 is 17.5. The second-order valence-electron chi connectivity index (χ2n) is 5.11. The zero-order valence-electron chi connectivity index (χ0n) is 10.4. The highest BCUT2D eigenvalue weighted by Gasteiger charge is 2.55. The predicted octanol–water partition coefficient (Wildman–Crippen LogP) is 0.460. The number of nitrogens with two attached hydrogens (primary N) is 1. The summed E-state index contributed by atoms with van der Waals surface area (Å²) in [5, 5.41) is 3.34. The first-order valence-corrected chi connectivity index (χ1v) is 6.49. The molecule has 4 unspecified atom stereocenters. The highest BCUT2D eigenvalue weighted by molar-refractivity contribution is 5.45. The zero-order valence-corrected chi connectivity index (χ0v) is 10.4. The topological polar surface area (TPSA) is 65.7 Å². The van der Waals surface area contributed by atoms with Gasteiger partial charge in [-0.15, -0.1) is 0 Å². The van der Waals surface area contributed by atoms with Crippen molar-refractivity contribution in [3.63, 3.8) is 0 Å². The molecule has 0 radical (unpaired) electrons. The lowest BCUT2D eigenvalue weighted by Crippen LogP contribution is -2.62. The Hall–Kier alpha value is -1.40. The van der Waals surface area contributed by atoms with Crippen molar-refractivity contribution in [2.24, 2.45) is 5.73 Å². The van der Waals surface area contributed by atoms with Gasteiger partial charge in [0.15, 0.2) is 6.35 Å². The maximum Gasteiger partial charge on any atom is 0.161 e. The molecule has 4 rings (SSSR count). The minimum Gasteiger partial charge on any atom is -0.483 e. The summed E-state index contributed by atoms with van der Waals surface area (Å²) >= 11 is 0. The van der Waals surface area contributed by atoms with E-state index in [-0.39, 0.29) is 12.2 Å². The number of hydrogen-bond acceptors (Lipinski definition) is 5. The van der Waals surface area contributed by atoms with Crippen LogP contribution in [-0.2, 0) is 15.0 Å². The maximum absolute atomic E-state index is 6.01. The van der Waals surface area contributed by atoms with Crippen LogP contribution in [0.2, 0.25) is 0 Å². The summed E-state index contributed by atoms with van der Waals surface area (Å²) in [6.45, 7) is 1.08. The van der Waals surface area contributed by atoms with Gasteiger partial charge in [-0.25, -0.2) is 0 Å². The summed E-state index contributed by atoms with van der Waals surface area (Å²) in [7, 11) is 0. The van der Waals surface area contributed by atoms with Crippen LogP contribution in [-0.4, -0.2) is 31.8 Å². The average molecular weight is 260 g/mol. The molecule has 100 valence electrons. The Labute approximate surface area is 111 Å². The summed E-state index contributed by atoms with van der Waals surface area (Å²) in [5.41, 5.74) is 6.50. The van der Waals surface area contributed by atoms with Crippen molar-refractivity contribution < 1.29 is 14.2 Å². The standard InChI is InChI=1S/C14H16N2O3/c15-13-16-14(8-18-13)9-4-1-2-5-10(9)19-11-6-3-7-17-12(11)14/h1-6,11-13,16H,7-8,15H2. The minimum absolute atomic E-state index is 0.106. The fourth-order valence-corrected chi connectivity index (χ4v) is 3.18. The molecule has 1 aromatic carbocycles. The Balaban J connectivity index is 1.87. The molecule has 1 aromatic rings. The van der Waals surface area contributed by atoms with E-state index in [9.17, 15) is 0 Å². The maximum atomic E-state index is 6.01. The fourth-order valence-electron chi connectivity index (χ4n) is 3.18. The van der Waals surface area contributed by atoms with Gasteiger partial charge < -0.3 is 14.2 Å². The highest BCUT2D eigenvalue weighted by atomic mass is 16.6. The third-order valence-electron chi connectivity index (χ3n) is 4.00. The van der Waals surface area contributed by atoms with Crippen LogP contribution < -0.4 is 15.8 Å². The van der Waals surface area contributed by atoms with E-state index in [1.165, 1.54) is 0 Å². The molecule has 4 atom stereocenters. The number of benzene rings is 1. The van der Waals surface area contributed by atoms with Crippen molar-refractivity contribution in [2.75, 3.05) is 13.2 Å². The van der Waals surface area contributed by atoms with E-state index in [0.717, 1.165) is 11.3 Å². The van der Waals surface area contributed by atoms with E-state index in [1.54, 1.807) is 0 Å². The fraction of sp³-hybridized carbons (Fsp3) is 0.429. The van der Waals surface area contributed by atoms with Crippen molar-refractivity contribution in [1.82, 2.24) is 5.32 Å². The van der Waals surface area contributed by atoms with E-state index in [1.807, 2.05) is 30.3 Å². The number of fused-ring (bicyclic) bond motifs is 4. The van der Waals surface area contributed by atoms with E-state index in [2.05, 4.69) is 11.4 Å². The Kier molecular flexibility index (Phi) is 2.43. The number of para-hydroxylation sites is 1. The third kappa shape index (κ3) is 1.56. The zero-order chi connectivity index (χ0) is 12.9. The molecule has 3 aliphatic heterocycles. The molecule has 5 nitrogen and oxygen atoms in total. The van der Waals surface area contributed by atoms with Crippen LogP contribution in [0.5, 0.6) is 5.75 Å². The Morgan fingerprint density at radius 1 is 1.26 bits per heavy atom. The van der Waals surface area contributed by atoms with Crippen LogP contribution in [0, 0.1) is 0 Å². The molecule has 3 aliphatic rings. The number of nitrogens with one attached hydrogen (secondary N) is 1. The van der Waals surface area contributed by atoms with Crippen molar-refractivity contribution >= 4 is 0 Å². The first-order chi connectivity index (χ1) is 9.29. The van der Waals surface area contributed by atoms with Crippen molar-refractivity contribution in [1.29, 1.82) is 0 Å². The summed E-state index contributed by atoms with van der Waals surface area (Å²) in [5.74, 6) is 0.865. The largest absolute Gasteiger partial charge is 0.483 e. The van der Waals surface area contributed by atoms with Gasteiger partial charge in [0.05, 0.1) is 13.2 Å². The second-order valence-corrected chi connectivity index (χ2v) is 5.11. The van der Waals surface area contributed by atoms with Gasteiger partial charge in [-0.2, -0.15) is 0 Å². The third-order valence-corrected chi connectivity index (χ3v) is 4.00. The lowest BCUT2D eigenvalue weighted by molar-refractivity contribution is -0.0761. The van der Waals surface area contributed by atoms with Gasteiger partial charge in [0.2, 0.25) is 0 Å². The molecule has 0 saturated carbocycles. The highest BCUT2D eigenvalue weighted by Crippen LogP contribution is 2.44. The SMILES string of the molecule is NC1NC2(CO1)c1ccccc1OC1C=CCOC12. The van der Waals surface area contributed by atoms with Crippen LogP contribution in [0.15, 0.2) is 36.4 Å². The van der Waals surface area contributed by atoms with E-state index >= 15 is 0 Å². The van der Waals surface area contributed by atoms with Crippen molar-refractivity contribution in [2.45, 2.75) is 24.1 Å². The Morgan fingerprint density at radius 3 is 3.00 bits per heavy atom. The van der Waals surface area contributed by atoms with Crippen molar-refractivity contribution in [3.8, 4) is 5.75 Å². The van der Waals surface area contributed by atoms with Gasteiger partial charge in [0.25, 0.3) is 0 Å². The molecule has 5 heteroatoms. The molecule has 0 amide bonds. The molecule has 1 saturated heterocycles. The minimum atomic E-state index is -0.471. The summed E-state index contributed by atoms with van der Waals surface area (Å²) in [4.78, 5) is 0. The molecule has 0 aliphatic carbocycles. The summed E-state index contributed by atoms with van der Waals surface area (Å²) in [6.07, 6.45) is 3.34. The van der Waals surface area contributed by atoms with Crippen LogP contribution in [0.3, 0.4) is 0 Å². The number of rotatable bonds is 0. The van der Waals surface area contributed by atoms with E-state index in [4.69, 9.17) is 19.9 Å². The van der Waals surface area contributed by atoms with Gasteiger partial charge in [-0.05, 0) is 12.1 Å². The van der Waals surface area contributed by atoms with Gasteiger partial charge in [0, 0.05) is 5.56 Å². The monoisotopic (exact) mass is 260 g/mol. The Morgan fingerprint density at radius 2 is 2.16 bits per heavy atom. The molecule has 1 fully saturated rings. The summed E-state index contributed by atoms with van der Waals surface area (Å²) in [6, 6.07) is 7.98.